The Hall–Kier alpha value is -0.540. The fraction of sp³-hybridized carbons (Fsp3) is 0.250. The molecule has 12 heavy (non-hydrogen) atoms. The summed E-state index contributed by atoms with van der Waals surface area (Å²) in [6.07, 6.45) is 2.29. The molecule has 0 atom stereocenters. The zero-order valence-electron chi connectivity index (χ0n) is 7.09. The van der Waals surface area contributed by atoms with Gasteiger partial charge in [0.05, 0.1) is 9.94 Å². The average Bonchev–Trinajstić information content (AvgIpc) is 1.85. The molecule has 0 radical (unpaired) electrons. The Morgan fingerprint density at radius 3 is 2.00 bits per heavy atom. The molecular formula is C8H11ClO2S. The van der Waals surface area contributed by atoms with Crippen LogP contribution in [-0.4, -0.2) is 14.7 Å². The van der Waals surface area contributed by atoms with Crippen molar-refractivity contribution in [1.29, 1.82) is 0 Å². The molecular weight excluding hydrogens is 196 g/mol. The van der Waals surface area contributed by atoms with Crippen molar-refractivity contribution in [2.24, 2.45) is 0 Å². The number of hydrogen-bond acceptors (Lipinski definition) is 2. The minimum absolute atomic E-state index is 0.0247. The maximum absolute atomic E-state index is 11.1. The second-order valence-electron chi connectivity index (χ2n) is 2.43. The summed E-state index contributed by atoms with van der Waals surface area (Å²) in [5, 5.41) is 0.146. The van der Waals surface area contributed by atoms with Crippen LogP contribution in [0.3, 0.4) is 0 Å². The molecule has 0 fully saturated rings. The molecule has 0 N–H and O–H groups in total. The van der Waals surface area contributed by atoms with Crippen molar-refractivity contribution >= 4 is 21.4 Å². The molecule has 0 rings (SSSR count). The Labute approximate surface area is 78.2 Å². The van der Waals surface area contributed by atoms with Crippen LogP contribution in [0.5, 0.6) is 0 Å². The number of halogens is 1. The molecule has 0 aliphatic rings. The molecule has 0 aliphatic carbocycles. The van der Waals surface area contributed by atoms with E-state index in [9.17, 15) is 8.42 Å². The van der Waals surface area contributed by atoms with Crippen molar-refractivity contribution < 1.29 is 8.42 Å². The van der Waals surface area contributed by atoms with Crippen molar-refractivity contribution in [1.82, 2.24) is 0 Å². The molecule has 0 amide bonds. The van der Waals surface area contributed by atoms with Gasteiger partial charge in [-0.1, -0.05) is 24.8 Å². The molecule has 0 spiro atoms. The lowest BCUT2D eigenvalue weighted by Crippen LogP contribution is -2.00. The van der Waals surface area contributed by atoms with Gasteiger partial charge >= 0.3 is 0 Å². The van der Waals surface area contributed by atoms with Gasteiger partial charge in [-0.2, -0.15) is 0 Å². The van der Waals surface area contributed by atoms with E-state index in [-0.39, 0.29) is 9.94 Å². The molecule has 0 unspecified atom stereocenters. The zero-order chi connectivity index (χ0) is 9.94. The highest BCUT2D eigenvalue weighted by Crippen LogP contribution is 2.21. The monoisotopic (exact) mass is 206 g/mol. The van der Waals surface area contributed by atoms with E-state index >= 15 is 0 Å². The SMILES string of the molecule is C=C/C(=C(\Cl)C(=C)C)S(C)(=O)=O. The molecule has 4 heteroatoms. The van der Waals surface area contributed by atoms with Gasteiger partial charge in [-0.3, -0.25) is 0 Å². The van der Waals surface area contributed by atoms with Crippen LogP contribution in [0, 0.1) is 0 Å². The first-order valence-electron chi connectivity index (χ1n) is 3.19. The van der Waals surface area contributed by atoms with Gasteiger partial charge in [0.15, 0.2) is 9.84 Å². The summed E-state index contributed by atoms with van der Waals surface area (Å²) in [6.45, 7) is 8.54. The molecule has 0 aromatic rings. The molecule has 0 aliphatic heterocycles. The smallest absolute Gasteiger partial charge is 0.176 e. The summed E-state index contributed by atoms with van der Waals surface area (Å²) in [5.74, 6) is 0. The van der Waals surface area contributed by atoms with Crippen LogP contribution in [-0.2, 0) is 9.84 Å². The van der Waals surface area contributed by atoms with Crippen LogP contribution in [0.1, 0.15) is 6.92 Å². The first kappa shape index (κ1) is 11.5. The van der Waals surface area contributed by atoms with Crippen LogP contribution in [0.15, 0.2) is 34.7 Å². The fourth-order valence-electron chi connectivity index (χ4n) is 0.614. The molecule has 0 bridgehead atoms. The predicted molar refractivity (Wildman–Crippen MR) is 52.7 cm³/mol. The predicted octanol–water partition coefficient (Wildman–Crippen LogP) is 2.24. The van der Waals surface area contributed by atoms with Gasteiger partial charge in [-0.15, -0.1) is 0 Å². The summed E-state index contributed by atoms with van der Waals surface area (Å²) in [4.78, 5) is 0.0247. The molecule has 0 aromatic carbocycles. The number of sulfone groups is 1. The lowest BCUT2D eigenvalue weighted by molar-refractivity contribution is 0.608. The molecule has 0 aromatic heterocycles. The Morgan fingerprint density at radius 1 is 1.50 bits per heavy atom. The highest BCUT2D eigenvalue weighted by atomic mass is 35.5. The summed E-state index contributed by atoms with van der Waals surface area (Å²) in [6, 6.07) is 0. The Balaban J connectivity index is 5.46. The Morgan fingerprint density at radius 2 is 1.92 bits per heavy atom. The summed E-state index contributed by atoms with van der Waals surface area (Å²) in [7, 11) is -3.29. The van der Waals surface area contributed by atoms with E-state index in [4.69, 9.17) is 11.6 Å². The summed E-state index contributed by atoms with van der Waals surface area (Å²) in [5.41, 5.74) is 0.511. The minimum atomic E-state index is -3.29. The first-order chi connectivity index (χ1) is 5.30. The van der Waals surface area contributed by atoms with Gasteiger partial charge in [0.25, 0.3) is 0 Å². The second-order valence-corrected chi connectivity index (χ2v) is 4.80. The van der Waals surface area contributed by atoms with Crippen LogP contribution >= 0.6 is 11.6 Å². The van der Waals surface area contributed by atoms with Gasteiger partial charge in [-0.25, -0.2) is 8.42 Å². The Bertz CT molecular complexity index is 336. The fourth-order valence-corrected chi connectivity index (χ4v) is 1.91. The van der Waals surface area contributed by atoms with Gasteiger partial charge < -0.3 is 0 Å². The third kappa shape index (κ3) is 2.83. The van der Waals surface area contributed by atoms with Crippen molar-refractivity contribution in [3.8, 4) is 0 Å². The lowest BCUT2D eigenvalue weighted by Gasteiger charge is -2.02. The second kappa shape index (κ2) is 3.92. The van der Waals surface area contributed by atoms with Crippen molar-refractivity contribution in [3.05, 3.63) is 34.7 Å². The lowest BCUT2D eigenvalue weighted by atomic mass is 10.3. The normalized spacial score (nSPS) is 13.6. The topological polar surface area (TPSA) is 34.1 Å². The zero-order valence-corrected chi connectivity index (χ0v) is 8.67. The van der Waals surface area contributed by atoms with Gasteiger partial charge in [0.1, 0.15) is 0 Å². The average molecular weight is 207 g/mol. The first-order valence-corrected chi connectivity index (χ1v) is 5.45. The van der Waals surface area contributed by atoms with Crippen molar-refractivity contribution in [3.63, 3.8) is 0 Å². The number of hydrogen-bond donors (Lipinski definition) is 0. The van der Waals surface area contributed by atoms with Crippen LogP contribution in [0.2, 0.25) is 0 Å². The third-order valence-electron chi connectivity index (χ3n) is 1.18. The highest BCUT2D eigenvalue weighted by molar-refractivity contribution is 7.94. The summed E-state index contributed by atoms with van der Waals surface area (Å²) >= 11 is 5.70. The largest absolute Gasteiger partial charge is 0.224 e. The van der Waals surface area contributed by atoms with Crippen molar-refractivity contribution in [2.45, 2.75) is 6.92 Å². The number of rotatable bonds is 3. The van der Waals surface area contributed by atoms with Crippen LogP contribution in [0.4, 0.5) is 0 Å². The quantitative estimate of drug-likeness (QED) is 0.664. The molecule has 0 saturated carbocycles. The van der Waals surface area contributed by atoms with Crippen molar-refractivity contribution in [2.75, 3.05) is 6.26 Å². The third-order valence-corrected chi connectivity index (χ3v) is 2.98. The highest BCUT2D eigenvalue weighted by Gasteiger charge is 2.12. The number of allylic oxidation sites excluding steroid dienone is 3. The molecule has 68 valence electrons. The van der Waals surface area contributed by atoms with E-state index < -0.39 is 9.84 Å². The maximum Gasteiger partial charge on any atom is 0.176 e. The molecule has 2 nitrogen and oxygen atoms in total. The van der Waals surface area contributed by atoms with E-state index in [2.05, 4.69) is 13.2 Å². The van der Waals surface area contributed by atoms with Gasteiger partial charge in [0, 0.05) is 6.26 Å². The van der Waals surface area contributed by atoms with E-state index in [0.717, 1.165) is 6.26 Å². The maximum atomic E-state index is 11.1. The van der Waals surface area contributed by atoms with E-state index in [1.54, 1.807) is 6.92 Å². The van der Waals surface area contributed by atoms with E-state index in [1.807, 2.05) is 0 Å². The minimum Gasteiger partial charge on any atom is -0.224 e. The summed E-state index contributed by atoms with van der Waals surface area (Å²) < 4.78 is 22.1. The van der Waals surface area contributed by atoms with Crippen LogP contribution in [0.25, 0.3) is 0 Å². The standard InChI is InChI=1S/C8H11ClO2S/c1-5-7(12(4,10)11)8(9)6(2)3/h5H,1-2H2,3-4H3/b8-7+. The van der Waals surface area contributed by atoms with E-state index in [1.165, 1.54) is 6.08 Å². The van der Waals surface area contributed by atoms with E-state index in [0.29, 0.717) is 5.57 Å². The van der Waals surface area contributed by atoms with Gasteiger partial charge in [0.2, 0.25) is 0 Å². The van der Waals surface area contributed by atoms with Crippen LogP contribution < -0.4 is 0 Å². The molecule has 0 saturated heterocycles. The van der Waals surface area contributed by atoms with Gasteiger partial charge in [-0.05, 0) is 18.6 Å². The Kier molecular flexibility index (Phi) is 3.74. The molecule has 0 heterocycles.